The molecular formula is C32H29ClF3N4O5+. The third-order valence-corrected chi connectivity index (χ3v) is 8.80. The van der Waals surface area contributed by atoms with Crippen LogP contribution in [0.25, 0.3) is 22.0 Å². The van der Waals surface area contributed by atoms with Crippen molar-refractivity contribution >= 4 is 34.2 Å². The number of nitrogens with two attached hydrogens (primary N) is 1. The van der Waals surface area contributed by atoms with E-state index >= 15 is 4.39 Å². The number of carbonyl (C=O) groups excluding carboxylic acids is 2. The van der Waals surface area contributed by atoms with E-state index in [0.717, 1.165) is 6.07 Å². The summed E-state index contributed by atoms with van der Waals surface area (Å²) in [5.41, 5.74) is 4.87. The predicted octanol–water partition coefficient (Wildman–Crippen LogP) is 4.19. The van der Waals surface area contributed by atoms with E-state index in [-0.39, 0.29) is 46.4 Å². The minimum Gasteiger partial charge on any atom is -0.496 e. The number of hydrogen-bond donors (Lipinski definition) is 3. The molecule has 2 aliphatic rings. The Balaban J connectivity index is 1.34. The normalized spacial score (nSPS) is 18.6. The van der Waals surface area contributed by atoms with E-state index in [4.69, 9.17) is 26.8 Å². The summed E-state index contributed by atoms with van der Waals surface area (Å²) in [4.78, 5) is 30.4. The van der Waals surface area contributed by atoms with E-state index in [1.54, 1.807) is 37.5 Å². The van der Waals surface area contributed by atoms with Crippen LogP contribution in [0.15, 0.2) is 48.8 Å². The molecule has 0 bridgehead atoms. The minimum atomic E-state index is -1.44. The molecule has 1 aliphatic carbocycles. The van der Waals surface area contributed by atoms with Crippen LogP contribution in [0.2, 0.25) is 5.02 Å². The zero-order valence-corrected chi connectivity index (χ0v) is 25.1. The summed E-state index contributed by atoms with van der Waals surface area (Å²) in [7, 11) is 1.47. The molecule has 1 aliphatic heterocycles. The van der Waals surface area contributed by atoms with Crippen LogP contribution in [-0.4, -0.2) is 48.8 Å². The standard InChI is InChI=1S/C32H28ClF3N4O5/c1-31(30(37)43)15-45-28-21(31)10-25(39-27(28)20-9-22(33)24(35)11-23(20)34)18(14-41)12-38-29(42)16-7-17-13-40(32(36)4-5-32)6-3-19(17)26(8-16)44-2/h3,6-11,13,18,41H,4-5,12,14-15H2,1-2H3,(H2-,37,38,42,43)/p+1/t18-,31-/m0/s1. The highest BCUT2D eigenvalue weighted by Gasteiger charge is 2.53. The van der Waals surface area contributed by atoms with Gasteiger partial charge >= 0.3 is 5.79 Å². The average molecular weight is 642 g/mol. The first kappa shape index (κ1) is 30.6. The molecule has 45 heavy (non-hydrogen) atoms. The van der Waals surface area contributed by atoms with Crippen molar-refractivity contribution in [2.45, 2.75) is 36.9 Å². The number of hydrogen-bond acceptors (Lipinski definition) is 6. The number of ether oxygens (including phenoxy) is 2. The molecule has 0 spiro atoms. The van der Waals surface area contributed by atoms with Gasteiger partial charge in [-0.3, -0.25) is 9.59 Å². The van der Waals surface area contributed by atoms with Crippen LogP contribution in [0, 0.1) is 11.6 Å². The van der Waals surface area contributed by atoms with E-state index in [1.807, 2.05) is 0 Å². The lowest BCUT2D eigenvalue weighted by molar-refractivity contribution is -0.764. The lowest BCUT2D eigenvalue weighted by atomic mass is 9.82. The largest absolute Gasteiger partial charge is 0.496 e. The second kappa shape index (κ2) is 11.2. The molecule has 3 heterocycles. The topological polar surface area (TPSA) is 128 Å². The summed E-state index contributed by atoms with van der Waals surface area (Å²) in [6.07, 6.45) is 4.09. The number of methoxy groups -OCH3 is 1. The fourth-order valence-corrected chi connectivity index (χ4v) is 5.64. The number of carbonyl (C=O) groups is 2. The Bertz CT molecular complexity index is 1890. The molecule has 2 amide bonds. The summed E-state index contributed by atoms with van der Waals surface area (Å²) < 4.78 is 56.5. The second-order valence-electron chi connectivity index (χ2n) is 11.5. The molecule has 2 aromatic heterocycles. The Morgan fingerprint density at radius 1 is 1.22 bits per heavy atom. The third-order valence-electron chi connectivity index (χ3n) is 8.51. The van der Waals surface area contributed by atoms with E-state index in [2.05, 4.69) is 10.3 Å². The SMILES string of the molecule is COc1cc(C(=O)NC[C@@H](CO)c2cc3c(c(-c4cc(Cl)c(F)cc4F)n2)OC[C@]3(C)C(N)=O)cc2c[n+](C3(F)CC3)ccc12. The van der Waals surface area contributed by atoms with Crippen LogP contribution >= 0.6 is 11.6 Å². The molecule has 0 radical (unpaired) electrons. The summed E-state index contributed by atoms with van der Waals surface area (Å²) in [5, 5.41) is 14.1. The quantitative estimate of drug-likeness (QED) is 0.186. The molecule has 1 fully saturated rings. The van der Waals surface area contributed by atoms with Gasteiger partial charge in [0.25, 0.3) is 5.91 Å². The predicted molar refractivity (Wildman–Crippen MR) is 158 cm³/mol. The molecule has 2 atom stereocenters. The zero-order valence-electron chi connectivity index (χ0n) is 24.3. The molecule has 0 unspecified atom stereocenters. The average Bonchev–Trinajstić information content (AvgIpc) is 3.69. The summed E-state index contributed by atoms with van der Waals surface area (Å²) in [6, 6.07) is 8.10. The highest BCUT2D eigenvalue weighted by molar-refractivity contribution is 6.31. The Morgan fingerprint density at radius 2 is 1.98 bits per heavy atom. The number of aromatic nitrogens is 2. The van der Waals surface area contributed by atoms with Gasteiger partial charge in [-0.1, -0.05) is 11.6 Å². The molecule has 234 valence electrons. The smallest absolute Gasteiger partial charge is 0.309 e. The van der Waals surface area contributed by atoms with Crippen LogP contribution < -0.4 is 25.1 Å². The van der Waals surface area contributed by atoms with Gasteiger partial charge in [0.2, 0.25) is 5.91 Å². The first-order valence-electron chi connectivity index (χ1n) is 14.1. The number of pyridine rings is 2. The monoisotopic (exact) mass is 641 g/mol. The van der Waals surface area contributed by atoms with Gasteiger partial charge in [0, 0.05) is 52.4 Å². The fourth-order valence-electron chi connectivity index (χ4n) is 5.48. The van der Waals surface area contributed by atoms with Gasteiger partial charge in [-0.25, -0.2) is 13.8 Å². The number of rotatable bonds is 9. The molecular weight excluding hydrogens is 613 g/mol. The van der Waals surface area contributed by atoms with E-state index < -0.39 is 47.2 Å². The van der Waals surface area contributed by atoms with Crippen molar-refractivity contribution in [2.24, 2.45) is 5.73 Å². The van der Waals surface area contributed by atoms with Gasteiger partial charge in [0.15, 0.2) is 12.4 Å². The van der Waals surface area contributed by atoms with Gasteiger partial charge in [0.05, 0.1) is 37.0 Å². The number of aliphatic hydroxyl groups excluding tert-OH is 1. The Labute approximate surface area is 260 Å². The van der Waals surface area contributed by atoms with E-state index in [0.29, 0.717) is 41.0 Å². The number of nitrogens with one attached hydrogen (secondary N) is 1. The van der Waals surface area contributed by atoms with Crippen LogP contribution in [0.1, 0.15) is 47.3 Å². The highest BCUT2D eigenvalue weighted by Crippen LogP contribution is 2.46. The van der Waals surface area contributed by atoms with Crippen LogP contribution in [0.5, 0.6) is 11.5 Å². The molecule has 2 aromatic carbocycles. The van der Waals surface area contributed by atoms with Crippen molar-refractivity contribution in [1.29, 1.82) is 0 Å². The van der Waals surface area contributed by atoms with Gasteiger partial charge in [-0.05, 0) is 31.2 Å². The lowest BCUT2D eigenvalue weighted by Crippen LogP contribution is -2.42. The minimum absolute atomic E-state index is 0.0643. The Kier molecular flexibility index (Phi) is 7.60. The maximum atomic E-state index is 15.0. The van der Waals surface area contributed by atoms with Crippen molar-refractivity contribution in [3.8, 4) is 22.8 Å². The molecule has 1 saturated carbocycles. The van der Waals surface area contributed by atoms with Crippen molar-refractivity contribution in [3.63, 3.8) is 0 Å². The van der Waals surface area contributed by atoms with Gasteiger partial charge < -0.3 is 25.6 Å². The Hall–Kier alpha value is -4.42. The highest BCUT2D eigenvalue weighted by atomic mass is 35.5. The first-order chi connectivity index (χ1) is 21.4. The van der Waals surface area contributed by atoms with E-state index in [9.17, 15) is 23.5 Å². The van der Waals surface area contributed by atoms with Crippen molar-refractivity contribution in [1.82, 2.24) is 10.3 Å². The summed E-state index contributed by atoms with van der Waals surface area (Å²) in [5.74, 6) is -4.93. The molecule has 0 saturated heterocycles. The van der Waals surface area contributed by atoms with Crippen molar-refractivity contribution in [2.75, 3.05) is 26.9 Å². The first-order valence-corrected chi connectivity index (χ1v) is 14.5. The Morgan fingerprint density at radius 3 is 2.64 bits per heavy atom. The van der Waals surface area contributed by atoms with Gasteiger partial charge in [0.1, 0.15) is 40.8 Å². The number of nitrogens with zero attached hydrogens (tertiary/aromatic N) is 2. The number of primary amides is 1. The summed E-state index contributed by atoms with van der Waals surface area (Å²) >= 11 is 5.96. The number of fused-ring (bicyclic) bond motifs is 2. The number of amides is 2. The third kappa shape index (κ3) is 5.31. The van der Waals surface area contributed by atoms with Crippen LogP contribution in [0.3, 0.4) is 0 Å². The van der Waals surface area contributed by atoms with Crippen LogP contribution in [0.4, 0.5) is 13.2 Å². The molecule has 6 rings (SSSR count). The molecule has 13 heteroatoms. The second-order valence-corrected chi connectivity index (χ2v) is 12.0. The lowest BCUT2D eigenvalue weighted by Gasteiger charge is -2.21. The molecule has 9 nitrogen and oxygen atoms in total. The number of alkyl halides is 1. The fraction of sp³-hybridized carbons (Fsp3) is 0.312. The molecule has 4 aromatic rings. The van der Waals surface area contributed by atoms with Crippen molar-refractivity contribution in [3.05, 3.63) is 82.3 Å². The van der Waals surface area contributed by atoms with Gasteiger partial charge in [-0.2, -0.15) is 8.96 Å². The number of benzene rings is 2. The number of aliphatic hydroxyl groups is 1. The molecule has 4 N–H and O–H groups in total. The number of halogens is 4. The zero-order chi connectivity index (χ0) is 32.3. The summed E-state index contributed by atoms with van der Waals surface area (Å²) in [6.45, 7) is 0.791. The van der Waals surface area contributed by atoms with Crippen molar-refractivity contribution < 1.29 is 41.9 Å². The van der Waals surface area contributed by atoms with Gasteiger partial charge in [-0.15, -0.1) is 0 Å². The maximum Gasteiger partial charge on any atom is 0.309 e. The van der Waals surface area contributed by atoms with E-state index in [1.165, 1.54) is 17.7 Å². The van der Waals surface area contributed by atoms with Crippen LogP contribution in [-0.2, 0) is 16.0 Å². The maximum absolute atomic E-state index is 15.0.